The molecule has 0 atom stereocenters. The van der Waals surface area contributed by atoms with E-state index in [-0.39, 0.29) is 11.7 Å². The van der Waals surface area contributed by atoms with Crippen molar-refractivity contribution in [1.29, 1.82) is 0 Å². The number of amides is 1. The highest BCUT2D eigenvalue weighted by molar-refractivity contribution is 7.91. The molecule has 28 heavy (non-hydrogen) atoms. The summed E-state index contributed by atoms with van der Waals surface area (Å²) in [5.41, 5.74) is 1.91. The summed E-state index contributed by atoms with van der Waals surface area (Å²) in [7, 11) is -3.39. The Morgan fingerprint density at radius 1 is 1.00 bits per heavy atom. The van der Waals surface area contributed by atoms with Gasteiger partial charge in [0.1, 0.15) is 13.2 Å². The third kappa shape index (κ3) is 2.85. The summed E-state index contributed by atoms with van der Waals surface area (Å²) >= 11 is 1.30. The summed E-state index contributed by atoms with van der Waals surface area (Å²) in [6.07, 6.45) is 0. The van der Waals surface area contributed by atoms with Crippen LogP contribution >= 0.6 is 11.3 Å². The molecule has 3 heterocycles. The molecule has 1 amide bonds. The molecule has 2 aliphatic heterocycles. The molecule has 0 bridgehead atoms. The van der Waals surface area contributed by atoms with Gasteiger partial charge in [-0.1, -0.05) is 18.2 Å². The average Bonchev–Trinajstić information content (AvgIpc) is 3.11. The summed E-state index contributed by atoms with van der Waals surface area (Å²) in [5, 5.41) is 2.85. The average molecular weight is 413 g/mol. The van der Waals surface area contributed by atoms with E-state index in [0.29, 0.717) is 51.3 Å². The van der Waals surface area contributed by atoms with Crippen molar-refractivity contribution in [1.82, 2.24) is 0 Å². The summed E-state index contributed by atoms with van der Waals surface area (Å²) in [5.74, 6) is 0.866. The van der Waals surface area contributed by atoms with Gasteiger partial charge in [0.2, 0.25) is 0 Å². The zero-order valence-electron chi connectivity index (χ0n) is 14.6. The smallest absolute Gasteiger partial charge is 0.265 e. The lowest BCUT2D eigenvalue weighted by Crippen LogP contribution is -2.16. The highest BCUT2D eigenvalue weighted by Crippen LogP contribution is 2.43. The molecular formula is C20H15NO5S2. The van der Waals surface area contributed by atoms with Crippen molar-refractivity contribution in [2.24, 2.45) is 0 Å². The number of hydrogen-bond acceptors (Lipinski definition) is 6. The number of nitrogens with one attached hydrogen (secondary N) is 1. The second-order valence-corrected chi connectivity index (χ2v) is 9.54. The van der Waals surface area contributed by atoms with Crippen molar-refractivity contribution in [3.05, 3.63) is 59.0 Å². The molecule has 3 aromatic rings. The number of rotatable bonds is 2. The summed E-state index contributed by atoms with van der Waals surface area (Å²) in [6.45, 7) is 0.972. The Morgan fingerprint density at radius 2 is 1.79 bits per heavy atom. The minimum atomic E-state index is -3.39. The Balaban J connectivity index is 1.46. The van der Waals surface area contributed by atoms with Crippen LogP contribution in [0, 0.1) is 0 Å². The molecule has 2 aliphatic rings. The molecule has 1 aromatic heterocycles. The first-order valence-electron chi connectivity index (χ1n) is 8.67. The van der Waals surface area contributed by atoms with Crippen LogP contribution in [0.5, 0.6) is 11.5 Å². The first-order chi connectivity index (χ1) is 13.5. The normalized spacial score (nSPS) is 16.0. The largest absolute Gasteiger partial charge is 0.486 e. The van der Waals surface area contributed by atoms with Crippen molar-refractivity contribution in [3.8, 4) is 21.9 Å². The van der Waals surface area contributed by atoms with Gasteiger partial charge in [-0.2, -0.15) is 0 Å². The van der Waals surface area contributed by atoms with Crippen LogP contribution in [0.4, 0.5) is 5.69 Å². The number of hydrogen-bond donors (Lipinski definition) is 1. The maximum atomic E-state index is 12.8. The van der Waals surface area contributed by atoms with Crippen LogP contribution in [0.15, 0.2) is 53.4 Å². The first-order valence-corrected chi connectivity index (χ1v) is 11.1. The Kier molecular flexibility index (Phi) is 3.92. The fraction of sp³-hybridized carbons (Fsp3) is 0.150. The molecule has 8 heteroatoms. The van der Waals surface area contributed by atoms with Crippen LogP contribution in [0.2, 0.25) is 0 Å². The number of ether oxygens (including phenoxy) is 2. The van der Waals surface area contributed by atoms with E-state index in [1.165, 1.54) is 11.3 Å². The van der Waals surface area contributed by atoms with Gasteiger partial charge in [0.25, 0.3) is 5.91 Å². The lowest BCUT2D eigenvalue weighted by Gasteiger charge is -2.18. The molecular weight excluding hydrogens is 398 g/mol. The second kappa shape index (κ2) is 6.35. The molecule has 6 nitrogen and oxygen atoms in total. The predicted octanol–water partition coefficient (Wildman–Crippen LogP) is 3.73. The Bertz CT molecular complexity index is 1210. The van der Waals surface area contributed by atoms with Crippen LogP contribution in [0.3, 0.4) is 0 Å². The van der Waals surface area contributed by atoms with Gasteiger partial charge in [-0.25, -0.2) is 8.42 Å². The Hall–Kier alpha value is -2.84. The molecule has 2 aromatic carbocycles. The van der Waals surface area contributed by atoms with E-state index in [1.807, 2.05) is 0 Å². The molecule has 1 N–H and O–H groups in total. The molecule has 0 aliphatic carbocycles. The Labute approximate surface area is 165 Å². The minimum absolute atomic E-state index is 0.0901. The summed E-state index contributed by atoms with van der Waals surface area (Å²) in [6, 6.07) is 13.8. The molecule has 5 rings (SSSR count). The van der Waals surface area contributed by atoms with E-state index >= 15 is 0 Å². The number of benzene rings is 2. The number of fused-ring (bicyclic) bond motifs is 4. The van der Waals surface area contributed by atoms with Crippen LogP contribution in [0.25, 0.3) is 10.4 Å². The third-order valence-corrected chi connectivity index (χ3v) is 7.57. The lowest BCUT2D eigenvalue weighted by molar-refractivity contribution is 0.103. The zero-order chi connectivity index (χ0) is 19.3. The SMILES string of the molecule is O=C(Nc1ccc2c(c1)OCCO2)c1cc2c(s1)-c1ccccc1S(=O)(=O)C2. The van der Waals surface area contributed by atoms with Crippen molar-refractivity contribution in [3.63, 3.8) is 0 Å². The topological polar surface area (TPSA) is 81.7 Å². The van der Waals surface area contributed by atoms with Gasteiger partial charge in [0.15, 0.2) is 21.3 Å². The number of sulfone groups is 1. The first kappa shape index (κ1) is 17.3. The second-order valence-electron chi connectivity index (χ2n) is 6.53. The molecule has 0 spiro atoms. The van der Waals surface area contributed by atoms with Crippen LogP contribution < -0.4 is 14.8 Å². The maximum absolute atomic E-state index is 12.8. The van der Waals surface area contributed by atoms with E-state index in [4.69, 9.17) is 9.47 Å². The standard InChI is InChI=1S/C20H15NO5S2/c22-20(21-13-5-6-15-16(10-13)26-8-7-25-15)17-9-12-11-28(23,24)18-4-2-1-3-14(18)19(12)27-17/h1-6,9-10H,7-8,11H2,(H,21,22). The van der Waals surface area contributed by atoms with Gasteiger partial charge >= 0.3 is 0 Å². The summed E-state index contributed by atoms with van der Waals surface area (Å²) < 4.78 is 36.1. The van der Waals surface area contributed by atoms with Crippen molar-refractivity contribution in [2.75, 3.05) is 18.5 Å². The Morgan fingerprint density at radius 3 is 2.64 bits per heavy atom. The molecule has 0 unspecified atom stereocenters. The monoisotopic (exact) mass is 413 g/mol. The molecule has 142 valence electrons. The van der Waals surface area contributed by atoms with E-state index in [1.54, 1.807) is 48.5 Å². The van der Waals surface area contributed by atoms with Crippen molar-refractivity contribution in [2.45, 2.75) is 10.6 Å². The number of thiophene rings is 1. The van der Waals surface area contributed by atoms with Gasteiger partial charge in [0.05, 0.1) is 15.5 Å². The predicted molar refractivity (Wildman–Crippen MR) is 106 cm³/mol. The lowest BCUT2D eigenvalue weighted by atomic mass is 10.1. The van der Waals surface area contributed by atoms with Crippen LogP contribution in [-0.2, 0) is 15.6 Å². The van der Waals surface area contributed by atoms with E-state index in [2.05, 4.69) is 5.32 Å². The fourth-order valence-electron chi connectivity index (χ4n) is 3.40. The van der Waals surface area contributed by atoms with Gasteiger partial charge in [-0.15, -0.1) is 11.3 Å². The van der Waals surface area contributed by atoms with Gasteiger partial charge in [-0.3, -0.25) is 4.79 Å². The zero-order valence-corrected chi connectivity index (χ0v) is 16.2. The summed E-state index contributed by atoms with van der Waals surface area (Å²) in [4.78, 5) is 14.4. The highest BCUT2D eigenvalue weighted by atomic mass is 32.2. The quantitative estimate of drug-likeness (QED) is 0.692. The van der Waals surface area contributed by atoms with Gasteiger partial charge < -0.3 is 14.8 Å². The third-order valence-electron chi connectivity index (χ3n) is 4.65. The van der Waals surface area contributed by atoms with Gasteiger partial charge in [-0.05, 0) is 29.8 Å². The van der Waals surface area contributed by atoms with E-state index in [0.717, 1.165) is 4.88 Å². The number of carbonyl (C=O) groups is 1. The van der Waals surface area contributed by atoms with Crippen LogP contribution in [0.1, 0.15) is 15.2 Å². The van der Waals surface area contributed by atoms with Crippen LogP contribution in [-0.4, -0.2) is 27.5 Å². The highest BCUT2D eigenvalue weighted by Gasteiger charge is 2.30. The van der Waals surface area contributed by atoms with Crippen molar-refractivity contribution >= 4 is 32.8 Å². The molecule has 0 saturated carbocycles. The van der Waals surface area contributed by atoms with Crippen molar-refractivity contribution < 1.29 is 22.7 Å². The minimum Gasteiger partial charge on any atom is -0.486 e. The molecule has 0 fully saturated rings. The van der Waals surface area contributed by atoms with E-state index < -0.39 is 9.84 Å². The fourth-order valence-corrected chi connectivity index (χ4v) is 6.25. The van der Waals surface area contributed by atoms with Gasteiger partial charge in [0, 0.05) is 22.2 Å². The maximum Gasteiger partial charge on any atom is 0.265 e. The van der Waals surface area contributed by atoms with E-state index in [9.17, 15) is 13.2 Å². The molecule has 0 radical (unpaired) electrons. The number of anilines is 1. The molecule has 0 saturated heterocycles. The number of carbonyl (C=O) groups excluding carboxylic acids is 1.